The van der Waals surface area contributed by atoms with E-state index in [-0.39, 0.29) is 43.7 Å². The number of piperazine rings is 1. The Morgan fingerprint density at radius 3 is 2.32 bits per heavy atom. The van der Waals surface area contributed by atoms with Gasteiger partial charge in [0.25, 0.3) is 0 Å². The van der Waals surface area contributed by atoms with Crippen LogP contribution in [0.2, 0.25) is 0 Å². The lowest BCUT2D eigenvalue weighted by atomic mass is 10.1. The van der Waals surface area contributed by atoms with Crippen molar-refractivity contribution in [1.29, 1.82) is 0 Å². The van der Waals surface area contributed by atoms with Crippen molar-refractivity contribution in [1.82, 2.24) is 14.1 Å². The highest BCUT2D eigenvalue weighted by atomic mass is 32.2. The molecular formula is C23H27N3O4S. The van der Waals surface area contributed by atoms with E-state index in [1.165, 1.54) is 4.31 Å². The van der Waals surface area contributed by atoms with Crippen LogP contribution in [0.25, 0.3) is 0 Å². The van der Waals surface area contributed by atoms with Crippen LogP contribution in [-0.2, 0) is 31.9 Å². The van der Waals surface area contributed by atoms with Crippen LogP contribution in [0.1, 0.15) is 23.1 Å². The van der Waals surface area contributed by atoms with Crippen LogP contribution in [0.15, 0.2) is 54.6 Å². The van der Waals surface area contributed by atoms with Crippen LogP contribution >= 0.6 is 0 Å². The summed E-state index contributed by atoms with van der Waals surface area (Å²) in [5, 5.41) is 0. The van der Waals surface area contributed by atoms with E-state index < -0.39 is 16.1 Å². The van der Waals surface area contributed by atoms with Crippen molar-refractivity contribution >= 4 is 21.8 Å². The van der Waals surface area contributed by atoms with Crippen molar-refractivity contribution < 1.29 is 18.0 Å². The van der Waals surface area contributed by atoms with E-state index in [9.17, 15) is 18.0 Å². The van der Waals surface area contributed by atoms with Crippen molar-refractivity contribution in [2.45, 2.75) is 31.7 Å². The summed E-state index contributed by atoms with van der Waals surface area (Å²) in [6.45, 7) is 3.04. The van der Waals surface area contributed by atoms with Gasteiger partial charge in [0, 0.05) is 26.2 Å². The van der Waals surface area contributed by atoms with E-state index in [1.54, 1.807) is 9.80 Å². The van der Waals surface area contributed by atoms with Crippen LogP contribution in [0.5, 0.6) is 0 Å². The Balaban J connectivity index is 1.46. The zero-order valence-electron chi connectivity index (χ0n) is 17.6. The van der Waals surface area contributed by atoms with E-state index >= 15 is 0 Å². The second-order valence-electron chi connectivity index (χ2n) is 8.21. The lowest BCUT2D eigenvalue weighted by Gasteiger charge is -2.39. The maximum absolute atomic E-state index is 13.1. The Labute approximate surface area is 183 Å². The van der Waals surface area contributed by atoms with Gasteiger partial charge in [-0.2, -0.15) is 4.31 Å². The molecule has 0 N–H and O–H groups in total. The average Bonchev–Trinajstić information content (AvgIpc) is 2.98. The van der Waals surface area contributed by atoms with Gasteiger partial charge in [0.05, 0.1) is 5.75 Å². The number of fused-ring (bicyclic) bond motifs is 1. The summed E-state index contributed by atoms with van der Waals surface area (Å²) >= 11 is 0. The molecule has 0 aromatic heterocycles. The Morgan fingerprint density at radius 1 is 0.903 bits per heavy atom. The molecule has 0 radical (unpaired) electrons. The number of carbonyl (C=O) groups excluding carboxylic acids is 2. The van der Waals surface area contributed by atoms with Gasteiger partial charge in [-0.1, -0.05) is 60.2 Å². The molecule has 2 heterocycles. The molecule has 164 valence electrons. The molecule has 2 aromatic rings. The molecule has 0 saturated carbocycles. The molecule has 1 atom stereocenters. The summed E-state index contributed by atoms with van der Waals surface area (Å²) in [6.07, 6.45) is 0.309. The predicted octanol–water partition coefficient (Wildman–Crippen LogP) is 1.77. The number of sulfonamides is 1. The summed E-state index contributed by atoms with van der Waals surface area (Å²) in [6, 6.07) is 16.4. The third-order valence-corrected chi connectivity index (χ3v) is 7.79. The first-order valence-electron chi connectivity index (χ1n) is 10.5. The van der Waals surface area contributed by atoms with Crippen LogP contribution in [0.3, 0.4) is 0 Å². The van der Waals surface area contributed by atoms with E-state index in [0.29, 0.717) is 13.0 Å². The van der Waals surface area contributed by atoms with E-state index in [0.717, 1.165) is 16.7 Å². The molecule has 2 fully saturated rings. The van der Waals surface area contributed by atoms with Gasteiger partial charge in [0.15, 0.2) is 0 Å². The Bertz CT molecular complexity index is 1050. The highest BCUT2D eigenvalue weighted by molar-refractivity contribution is 7.88. The van der Waals surface area contributed by atoms with Gasteiger partial charge >= 0.3 is 0 Å². The molecule has 1 unspecified atom stereocenters. The molecule has 2 aromatic carbocycles. The lowest BCUT2D eigenvalue weighted by Crippen LogP contribution is -2.59. The molecule has 0 aliphatic carbocycles. The average molecular weight is 442 g/mol. The predicted molar refractivity (Wildman–Crippen MR) is 117 cm³/mol. The number of amides is 2. The smallest absolute Gasteiger partial charge is 0.246 e. The monoisotopic (exact) mass is 441 g/mol. The minimum atomic E-state index is -3.54. The van der Waals surface area contributed by atoms with E-state index in [4.69, 9.17) is 0 Å². The molecule has 2 amide bonds. The standard InChI is InChI=1S/C23H27N3O4S/c1-18-7-9-20(10-8-18)17-31(29,30)25-12-11-21-23(28)24(15-19-5-3-2-4-6-19)16-22(27)26(21)14-13-25/h2-10,21H,11-17H2,1H3. The van der Waals surface area contributed by atoms with Gasteiger partial charge in [-0.15, -0.1) is 0 Å². The first kappa shape index (κ1) is 21.5. The van der Waals surface area contributed by atoms with Crippen LogP contribution in [0.4, 0.5) is 0 Å². The fourth-order valence-corrected chi connectivity index (χ4v) is 5.75. The number of rotatable bonds is 5. The normalized spacial score (nSPS) is 20.5. The molecule has 2 aliphatic heterocycles. The number of nitrogens with zero attached hydrogens (tertiary/aromatic N) is 3. The maximum Gasteiger partial charge on any atom is 0.246 e. The number of benzene rings is 2. The summed E-state index contributed by atoms with van der Waals surface area (Å²) < 4.78 is 27.4. The summed E-state index contributed by atoms with van der Waals surface area (Å²) in [5.41, 5.74) is 2.77. The quantitative estimate of drug-likeness (QED) is 0.709. The summed E-state index contributed by atoms with van der Waals surface area (Å²) in [5.74, 6) is -0.320. The molecule has 2 aliphatic rings. The van der Waals surface area contributed by atoms with Crippen molar-refractivity contribution in [3.8, 4) is 0 Å². The first-order chi connectivity index (χ1) is 14.8. The zero-order valence-corrected chi connectivity index (χ0v) is 18.4. The highest BCUT2D eigenvalue weighted by Crippen LogP contribution is 2.23. The summed E-state index contributed by atoms with van der Waals surface area (Å²) in [7, 11) is -3.54. The van der Waals surface area contributed by atoms with Crippen molar-refractivity contribution in [3.05, 3.63) is 71.3 Å². The number of carbonyl (C=O) groups is 2. The number of aryl methyl sites for hydroxylation is 1. The van der Waals surface area contributed by atoms with Crippen molar-refractivity contribution in [2.24, 2.45) is 0 Å². The number of hydrogen-bond acceptors (Lipinski definition) is 4. The second-order valence-corrected chi connectivity index (χ2v) is 10.2. The van der Waals surface area contributed by atoms with Gasteiger partial charge in [-0.05, 0) is 24.5 Å². The van der Waals surface area contributed by atoms with E-state index in [2.05, 4.69) is 0 Å². The van der Waals surface area contributed by atoms with Gasteiger partial charge in [-0.3, -0.25) is 9.59 Å². The third kappa shape index (κ3) is 4.80. The molecular weight excluding hydrogens is 414 g/mol. The summed E-state index contributed by atoms with van der Waals surface area (Å²) in [4.78, 5) is 29.0. The topological polar surface area (TPSA) is 78.0 Å². The van der Waals surface area contributed by atoms with Crippen molar-refractivity contribution in [2.75, 3.05) is 26.2 Å². The zero-order chi connectivity index (χ0) is 22.0. The minimum absolute atomic E-state index is 0.0281. The molecule has 0 spiro atoms. The molecule has 2 saturated heterocycles. The first-order valence-corrected chi connectivity index (χ1v) is 12.1. The number of hydrogen-bond donors (Lipinski definition) is 0. The van der Waals surface area contributed by atoms with Crippen LogP contribution < -0.4 is 0 Å². The molecule has 8 heteroatoms. The van der Waals surface area contributed by atoms with Gasteiger partial charge in [-0.25, -0.2) is 8.42 Å². The molecule has 7 nitrogen and oxygen atoms in total. The largest absolute Gasteiger partial charge is 0.328 e. The fraction of sp³-hybridized carbons (Fsp3) is 0.391. The Hall–Kier alpha value is -2.71. The van der Waals surface area contributed by atoms with Gasteiger partial charge in [0.2, 0.25) is 21.8 Å². The van der Waals surface area contributed by atoms with Gasteiger partial charge in [0.1, 0.15) is 12.6 Å². The van der Waals surface area contributed by atoms with E-state index in [1.807, 2.05) is 61.5 Å². The van der Waals surface area contributed by atoms with Crippen LogP contribution in [-0.4, -0.2) is 66.6 Å². The Kier molecular flexibility index (Phi) is 6.11. The maximum atomic E-state index is 13.1. The lowest BCUT2D eigenvalue weighted by molar-refractivity contribution is -0.156. The fourth-order valence-electron chi connectivity index (χ4n) is 4.21. The highest BCUT2D eigenvalue weighted by Gasteiger charge is 2.41. The van der Waals surface area contributed by atoms with Gasteiger partial charge < -0.3 is 9.80 Å². The molecule has 4 rings (SSSR count). The molecule has 0 bridgehead atoms. The Morgan fingerprint density at radius 2 is 1.61 bits per heavy atom. The van der Waals surface area contributed by atoms with Crippen molar-refractivity contribution in [3.63, 3.8) is 0 Å². The third-order valence-electron chi connectivity index (χ3n) is 5.94. The minimum Gasteiger partial charge on any atom is -0.328 e. The molecule has 31 heavy (non-hydrogen) atoms. The second kappa shape index (κ2) is 8.80. The van der Waals surface area contributed by atoms with Crippen LogP contribution in [0, 0.1) is 6.92 Å². The SMILES string of the molecule is Cc1ccc(CS(=O)(=O)N2CCC3C(=O)N(Cc4ccccc4)CC(=O)N3CC2)cc1.